The Balaban J connectivity index is 1.38. The van der Waals surface area contributed by atoms with Crippen LogP contribution in [0, 0.1) is 5.92 Å². The molecule has 160 valence electrons. The fourth-order valence-corrected chi connectivity index (χ4v) is 6.63. The van der Waals surface area contributed by atoms with Gasteiger partial charge in [0.2, 0.25) is 15.9 Å². The summed E-state index contributed by atoms with van der Waals surface area (Å²) in [5.74, 6) is -0.293. The molecule has 2 heterocycles. The number of piperidine rings is 1. The first-order valence-electron chi connectivity index (χ1n) is 10.5. The Labute approximate surface area is 190 Å². The van der Waals surface area contributed by atoms with Crippen molar-refractivity contribution in [3.8, 4) is 0 Å². The molecule has 0 bridgehead atoms. The molecule has 0 aliphatic carbocycles. The summed E-state index contributed by atoms with van der Waals surface area (Å²) in [6, 6.07) is 18.9. The number of nitrogens with zero attached hydrogens (tertiary/aromatic N) is 2. The highest BCUT2D eigenvalue weighted by Crippen LogP contribution is 2.34. The fourth-order valence-electron chi connectivity index (χ4n) is 4.66. The van der Waals surface area contributed by atoms with Crippen molar-refractivity contribution >= 4 is 48.3 Å². The lowest BCUT2D eigenvalue weighted by Gasteiger charge is -2.33. The second-order valence-corrected chi connectivity index (χ2v) is 11.1. The molecule has 31 heavy (non-hydrogen) atoms. The summed E-state index contributed by atoms with van der Waals surface area (Å²) in [6.07, 6.45) is 2.22. The van der Waals surface area contributed by atoms with Crippen LogP contribution in [-0.4, -0.2) is 38.3 Å². The Morgan fingerprint density at radius 1 is 0.968 bits per heavy atom. The summed E-state index contributed by atoms with van der Waals surface area (Å²) >= 11 is 3.49. The Bertz CT molecular complexity index is 1270. The predicted molar refractivity (Wildman–Crippen MR) is 126 cm³/mol. The number of sulfonamides is 1. The summed E-state index contributed by atoms with van der Waals surface area (Å²) in [4.78, 5) is 15.4. The number of rotatable bonds is 3. The molecule has 1 fully saturated rings. The SMILES string of the molecule is O=C(C1CCCN(S(=O)(=O)c2ccc3ccccc3c2)C1)N1CCc2cc(Br)ccc21. The van der Waals surface area contributed by atoms with E-state index in [1.165, 1.54) is 4.31 Å². The Morgan fingerprint density at radius 3 is 2.61 bits per heavy atom. The van der Waals surface area contributed by atoms with E-state index < -0.39 is 10.0 Å². The molecule has 1 unspecified atom stereocenters. The number of carbonyl (C=O) groups excluding carboxylic acids is 1. The van der Waals surface area contributed by atoms with Crippen molar-refractivity contribution in [2.75, 3.05) is 24.5 Å². The molecule has 3 aromatic carbocycles. The average molecular weight is 499 g/mol. The molecule has 0 saturated carbocycles. The number of halogens is 1. The van der Waals surface area contributed by atoms with Crippen molar-refractivity contribution in [2.45, 2.75) is 24.2 Å². The second kappa shape index (κ2) is 8.04. The van der Waals surface area contributed by atoms with Crippen LogP contribution < -0.4 is 4.90 Å². The van der Waals surface area contributed by atoms with Gasteiger partial charge in [0.1, 0.15) is 0 Å². The zero-order chi connectivity index (χ0) is 21.6. The van der Waals surface area contributed by atoms with E-state index in [-0.39, 0.29) is 23.3 Å². The van der Waals surface area contributed by atoms with Crippen molar-refractivity contribution in [1.29, 1.82) is 0 Å². The summed E-state index contributed by atoms with van der Waals surface area (Å²) in [7, 11) is -3.65. The minimum Gasteiger partial charge on any atom is -0.312 e. The first kappa shape index (κ1) is 20.7. The van der Waals surface area contributed by atoms with E-state index >= 15 is 0 Å². The van der Waals surface area contributed by atoms with Gasteiger partial charge in [-0.2, -0.15) is 4.31 Å². The van der Waals surface area contributed by atoms with E-state index in [1.807, 2.05) is 47.4 Å². The topological polar surface area (TPSA) is 57.7 Å². The predicted octanol–water partition coefficient (Wildman–Crippen LogP) is 4.59. The fraction of sp³-hybridized carbons (Fsp3) is 0.292. The standard InChI is InChI=1S/C24H23BrN2O3S/c25-21-8-10-23-19(14-21)11-13-27(23)24(28)20-6-3-12-26(16-20)31(29,30)22-9-7-17-4-1-2-5-18(17)15-22/h1-2,4-5,7-10,14-15,20H,3,6,11-13,16H2. The van der Waals surface area contributed by atoms with Gasteiger partial charge in [-0.1, -0.05) is 46.3 Å². The molecule has 1 saturated heterocycles. The quantitative estimate of drug-likeness (QED) is 0.530. The Hall–Kier alpha value is -2.22. The average Bonchev–Trinajstić information content (AvgIpc) is 3.21. The van der Waals surface area contributed by atoms with Crippen LogP contribution in [0.1, 0.15) is 18.4 Å². The van der Waals surface area contributed by atoms with Crippen molar-refractivity contribution in [3.63, 3.8) is 0 Å². The van der Waals surface area contributed by atoms with Gasteiger partial charge < -0.3 is 4.90 Å². The van der Waals surface area contributed by atoms with Gasteiger partial charge in [0.05, 0.1) is 10.8 Å². The maximum absolute atomic E-state index is 13.4. The van der Waals surface area contributed by atoms with E-state index in [2.05, 4.69) is 22.0 Å². The monoisotopic (exact) mass is 498 g/mol. The van der Waals surface area contributed by atoms with Crippen molar-refractivity contribution in [2.24, 2.45) is 5.92 Å². The molecule has 1 atom stereocenters. The van der Waals surface area contributed by atoms with Gasteiger partial charge in [0.15, 0.2) is 0 Å². The molecular weight excluding hydrogens is 476 g/mol. The van der Waals surface area contributed by atoms with Gasteiger partial charge in [-0.15, -0.1) is 0 Å². The summed E-state index contributed by atoms with van der Waals surface area (Å²) in [6.45, 7) is 1.33. The Kier molecular flexibility index (Phi) is 5.36. The molecule has 1 amide bonds. The molecule has 0 radical (unpaired) electrons. The third kappa shape index (κ3) is 3.79. The highest BCUT2D eigenvalue weighted by molar-refractivity contribution is 9.10. The molecule has 5 rings (SSSR count). The number of anilines is 1. The summed E-state index contributed by atoms with van der Waals surface area (Å²) in [5, 5.41) is 1.90. The third-order valence-electron chi connectivity index (χ3n) is 6.30. The molecular formula is C24H23BrN2O3S. The highest BCUT2D eigenvalue weighted by Gasteiger charge is 2.37. The van der Waals surface area contributed by atoms with Crippen LogP contribution in [0.2, 0.25) is 0 Å². The minimum atomic E-state index is -3.65. The molecule has 3 aromatic rings. The summed E-state index contributed by atoms with van der Waals surface area (Å²) in [5.41, 5.74) is 2.10. The number of hydrogen-bond donors (Lipinski definition) is 0. The van der Waals surface area contributed by atoms with Gasteiger partial charge >= 0.3 is 0 Å². The normalized spacial score (nSPS) is 19.5. The molecule has 0 aromatic heterocycles. The largest absolute Gasteiger partial charge is 0.312 e. The van der Waals surface area contributed by atoms with Gasteiger partial charge in [-0.3, -0.25) is 4.79 Å². The molecule has 0 spiro atoms. The van der Waals surface area contributed by atoms with Crippen molar-refractivity contribution in [3.05, 3.63) is 70.7 Å². The summed E-state index contributed by atoms with van der Waals surface area (Å²) < 4.78 is 29.2. The van der Waals surface area contributed by atoms with Gasteiger partial charge in [-0.05, 0) is 65.9 Å². The number of carbonyl (C=O) groups is 1. The molecule has 5 nitrogen and oxygen atoms in total. The van der Waals surface area contributed by atoms with Crippen molar-refractivity contribution in [1.82, 2.24) is 4.31 Å². The Morgan fingerprint density at radius 2 is 1.77 bits per heavy atom. The number of hydrogen-bond acceptors (Lipinski definition) is 3. The molecule has 7 heteroatoms. The maximum Gasteiger partial charge on any atom is 0.243 e. The molecule has 0 N–H and O–H groups in total. The van der Waals surface area contributed by atoms with Crippen LogP contribution in [0.4, 0.5) is 5.69 Å². The number of benzene rings is 3. The second-order valence-electron chi connectivity index (χ2n) is 8.22. The van der Waals surface area contributed by atoms with E-state index in [1.54, 1.807) is 12.1 Å². The molecule has 2 aliphatic rings. The van der Waals surface area contributed by atoms with Gasteiger partial charge in [0, 0.05) is 29.8 Å². The maximum atomic E-state index is 13.4. The zero-order valence-corrected chi connectivity index (χ0v) is 19.4. The number of fused-ring (bicyclic) bond motifs is 2. The lowest BCUT2D eigenvalue weighted by atomic mass is 9.98. The van der Waals surface area contributed by atoms with Crippen molar-refractivity contribution < 1.29 is 13.2 Å². The van der Waals surface area contributed by atoms with E-state index in [0.29, 0.717) is 25.9 Å². The van der Waals surface area contributed by atoms with E-state index in [9.17, 15) is 13.2 Å². The van der Waals surface area contributed by atoms with Crippen LogP contribution in [0.3, 0.4) is 0 Å². The first-order chi connectivity index (χ1) is 14.9. The zero-order valence-electron chi connectivity index (χ0n) is 17.0. The van der Waals surface area contributed by atoms with E-state index in [0.717, 1.165) is 32.9 Å². The third-order valence-corrected chi connectivity index (χ3v) is 8.65. The van der Waals surface area contributed by atoms with Crippen LogP contribution in [0.5, 0.6) is 0 Å². The van der Waals surface area contributed by atoms with Crippen LogP contribution in [0.15, 0.2) is 70.0 Å². The lowest BCUT2D eigenvalue weighted by molar-refractivity contribution is -0.123. The highest BCUT2D eigenvalue weighted by atomic mass is 79.9. The van der Waals surface area contributed by atoms with Crippen LogP contribution in [0.25, 0.3) is 10.8 Å². The molecule has 2 aliphatic heterocycles. The van der Waals surface area contributed by atoms with Gasteiger partial charge in [0.25, 0.3) is 0 Å². The minimum absolute atomic E-state index is 0.0273. The lowest BCUT2D eigenvalue weighted by Crippen LogP contribution is -2.46. The first-order valence-corrected chi connectivity index (χ1v) is 12.8. The van der Waals surface area contributed by atoms with Gasteiger partial charge in [-0.25, -0.2) is 8.42 Å². The number of amides is 1. The van der Waals surface area contributed by atoms with E-state index in [4.69, 9.17) is 0 Å². The smallest absolute Gasteiger partial charge is 0.243 e. The van der Waals surface area contributed by atoms with Crippen LogP contribution >= 0.6 is 15.9 Å². The van der Waals surface area contributed by atoms with Crippen LogP contribution in [-0.2, 0) is 21.2 Å².